The van der Waals surface area contributed by atoms with Gasteiger partial charge in [0.2, 0.25) is 11.7 Å². The summed E-state index contributed by atoms with van der Waals surface area (Å²) in [5, 5.41) is 12.9. The average molecular weight is 465 g/mol. The zero-order valence-electron chi connectivity index (χ0n) is 18.9. The maximum Gasteiger partial charge on any atom is 0.506 e. The molecule has 0 radical (unpaired) electrons. The zero-order chi connectivity index (χ0) is 23.4. The number of carboxylic acid groups (broad SMARTS) is 1. The largest absolute Gasteiger partial charge is 0.506 e. The molecule has 2 fully saturated rings. The second kappa shape index (κ2) is 9.90. The molecule has 178 valence electrons. The highest BCUT2D eigenvalue weighted by molar-refractivity contribution is 5.57. The van der Waals surface area contributed by atoms with Gasteiger partial charge in [-0.1, -0.05) is 35.5 Å². The molecule has 0 aliphatic carbocycles. The molecule has 2 aliphatic rings. The number of likely N-dealkylation sites (tertiary alicyclic amines) is 1. The Hall–Kier alpha value is -3.30. The number of nitrogens with zero attached hydrogens (tertiary/aromatic N) is 4. The molecule has 2 aromatic heterocycles. The Morgan fingerprint density at radius 2 is 1.97 bits per heavy atom. The summed E-state index contributed by atoms with van der Waals surface area (Å²) >= 11 is 0. The highest BCUT2D eigenvalue weighted by atomic mass is 16.7. The van der Waals surface area contributed by atoms with Crippen molar-refractivity contribution in [3.05, 3.63) is 65.8 Å². The van der Waals surface area contributed by atoms with E-state index in [0.29, 0.717) is 31.2 Å². The van der Waals surface area contributed by atoms with E-state index in [1.165, 1.54) is 5.56 Å². The fourth-order valence-electron chi connectivity index (χ4n) is 4.83. The number of aromatic nitrogens is 3. The average Bonchev–Trinajstić information content (AvgIpc) is 3.32. The van der Waals surface area contributed by atoms with Crippen LogP contribution in [0.1, 0.15) is 36.3 Å². The fraction of sp³-hybridized carbons (Fsp3) is 0.440. The van der Waals surface area contributed by atoms with Gasteiger partial charge in [-0.05, 0) is 36.5 Å². The number of hydrogen-bond acceptors (Lipinski definition) is 8. The number of ether oxygens (including phenoxy) is 2. The maximum atomic E-state index is 10.6. The molecule has 2 saturated heterocycles. The molecule has 0 atom stereocenters. The van der Waals surface area contributed by atoms with Crippen LogP contribution in [0, 0.1) is 0 Å². The van der Waals surface area contributed by atoms with E-state index in [9.17, 15) is 4.79 Å². The zero-order valence-corrected chi connectivity index (χ0v) is 18.9. The number of carbonyl (C=O) groups is 1. The third kappa shape index (κ3) is 5.10. The second-order valence-electron chi connectivity index (χ2n) is 9.04. The van der Waals surface area contributed by atoms with Gasteiger partial charge >= 0.3 is 6.16 Å². The first kappa shape index (κ1) is 22.5. The smallest absolute Gasteiger partial charge is 0.450 e. The molecule has 0 saturated carbocycles. The highest BCUT2D eigenvalue weighted by Crippen LogP contribution is 2.38. The van der Waals surface area contributed by atoms with Crippen LogP contribution >= 0.6 is 0 Å². The minimum absolute atomic E-state index is 0.0220. The predicted octanol–water partition coefficient (Wildman–Crippen LogP) is 3.69. The van der Waals surface area contributed by atoms with Gasteiger partial charge in [-0.25, -0.2) is 4.79 Å². The van der Waals surface area contributed by atoms with Crippen molar-refractivity contribution in [2.75, 3.05) is 26.3 Å². The van der Waals surface area contributed by atoms with Crippen molar-refractivity contribution >= 4 is 6.16 Å². The summed E-state index contributed by atoms with van der Waals surface area (Å²) in [6.07, 6.45) is 5.86. The Balaban J connectivity index is 1.18. The number of aryl methyl sites for hydroxylation is 1. The summed E-state index contributed by atoms with van der Waals surface area (Å²) < 4.78 is 16.0. The van der Waals surface area contributed by atoms with Crippen LogP contribution in [-0.2, 0) is 27.9 Å². The van der Waals surface area contributed by atoms with Gasteiger partial charge < -0.3 is 19.1 Å². The van der Waals surface area contributed by atoms with E-state index < -0.39 is 6.16 Å². The molecule has 1 aromatic carbocycles. The van der Waals surface area contributed by atoms with Gasteiger partial charge in [-0.15, -0.1) is 0 Å². The van der Waals surface area contributed by atoms with Crippen LogP contribution in [0.5, 0.6) is 0 Å². The lowest BCUT2D eigenvalue weighted by Crippen LogP contribution is -2.52. The van der Waals surface area contributed by atoms with Crippen LogP contribution in [0.25, 0.3) is 11.4 Å². The van der Waals surface area contributed by atoms with Crippen LogP contribution in [0.4, 0.5) is 4.79 Å². The minimum atomic E-state index is -1.21. The van der Waals surface area contributed by atoms with Crippen molar-refractivity contribution in [1.29, 1.82) is 0 Å². The quantitative estimate of drug-likeness (QED) is 0.499. The van der Waals surface area contributed by atoms with Gasteiger partial charge in [-0.3, -0.25) is 9.88 Å². The monoisotopic (exact) mass is 464 g/mol. The molecule has 9 nitrogen and oxygen atoms in total. The van der Waals surface area contributed by atoms with Gasteiger partial charge in [0.15, 0.2) is 0 Å². The van der Waals surface area contributed by atoms with E-state index in [1.54, 1.807) is 6.20 Å². The van der Waals surface area contributed by atoms with Gasteiger partial charge in [-0.2, -0.15) is 4.98 Å². The number of pyridine rings is 1. The summed E-state index contributed by atoms with van der Waals surface area (Å²) in [7, 11) is 0. The first-order chi connectivity index (χ1) is 16.6. The van der Waals surface area contributed by atoms with Crippen LogP contribution in [0.15, 0.2) is 53.3 Å². The molecule has 0 unspecified atom stereocenters. The van der Waals surface area contributed by atoms with Crippen molar-refractivity contribution in [2.45, 2.75) is 43.7 Å². The van der Waals surface area contributed by atoms with Crippen molar-refractivity contribution < 1.29 is 23.9 Å². The Morgan fingerprint density at radius 1 is 1.18 bits per heavy atom. The molecule has 0 bridgehead atoms. The molecule has 2 aliphatic heterocycles. The van der Waals surface area contributed by atoms with Crippen LogP contribution in [0.3, 0.4) is 0 Å². The molecule has 0 spiro atoms. The topological polar surface area (TPSA) is 111 Å². The van der Waals surface area contributed by atoms with E-state index in [2.05, 4.69) is 26.1 Å². The molecule has 34 heavy (non-hydrogen) atoms. The van der Waals surface area contributed by atoms with E-state index >= 15 is 0 Å². The Bertz CT molecular complexity index is 1090. The summed E-state index contributed by atoms with van der Waals surface area (Å²) in [4.78, 5) is 21.7. The summed E-state index contributed by atoms with van der Waals surface area (Å²) in [5.74, 6) is 1.22. The van der Waals surface area contributed by atoms with Crippen LogP contribution < -0.4 is 0 Å². The van der Waals surface area contributed by atoms with Crippen LogP contribution in [0.2, 0.25) is 0 Å². The third-order valence-corrected chi connectivity index (χ3v) is 6.82. The Labute approximate surface area is 197 Å². The van der Waals surface area contributed by atoms with E-state index in [4.69, 9.17) is 19.1 Å². The molecule has 0 amide bonds. The van der Waals surface area contributed by atoms with E-state index in [-0.39, 0.29) is 11.5 Å². The lowest BCUT2D eigenvalue weighted by molar-refractivity contribution is -0.0363. The third-order valence-electron chi connectivity index (χ3n) is 6.82. The van der Waals surface area contributed by atoms with E-state index in [1.807, 2.05) is 36.5 Å². The predicted molar refractivity (Wildman–Crippen MR) is 122 cm³/mol. The van der Waals surface area contributed by atoms with Crippen LogP contribution in [-0.4, -0.2) is 63.7 Å². The molecule has 5 rings (SSSR count). The van der Waals surface area contributed by atoms with Crippen molar-refractivity contribution in [3.8, 4) is 11.4 Å². The normalized spacial score (nSPS) is 18.4. The van der Waals surface area contributed by atoms with Crippen molar-refractivity contribution in [3.63, 3.8) is 0 Å². The van der Waals surface area contributed by atoms with E-state index in [0.717, 1.165) is 50.1 Å². The lowest BCUT2D eigenvalue weighted by atomic mass is 9.71. The fourth-order valence-corrected chi connectivity index (χ4v) is 4.83. The van der Waals surface area contributed by atoms with Gasteiger partial charge in [0.1, 0.15) is 6.10 Å². The Kier molecular flexibility index (Phi) is 6.55. The SMILES string of the molecule is O=C(O)OC1CN(Cc2ccc(-c3noc(CCC4(c5cccnc5)CCOCC4)n3)cc2)C1. The second-order valence-corrected chi connectivity index (χ2v) is 9.04. The summed E-state index contributed by atoms with van der Waals surface area (Å²) in [5.41, 5.74) is 3.31. The molecule has 1 N–H and O–H groups in total. The number of benzene rings is 1. The molecule has 9 heteroatoms. The molecular weight excluding hydrogens is 436 g/mol. The van der Waals surface area contributed by atoms with Gasteiger partial charge in [0.25, 0.3) is 0 Å². The maximum absolute atomic E-state index is 10.6. The number of rotatable bonds is 8. The van der Waals surface area contributed by atoms with Crippen molar-refractivity contribution in [1.82, 2.24) is 20.0 Å². The molecular formula is C25H28N4O5. The molecule has 3 aromatic rings. The minimum Gasteiger partial charge on any atom is -0.450 e. The number of hydrogen-bond donors (Lipinski definition) is 1. The summed E-state index contributed by atoms with van der Waals surface area (Å²) in [6, 6.07) is 12.2. The summed E-state index contributed by atoms with van der Waals surface area (Å²) in [6.45, 7) is 3.49. The standard InChI is InChI=1S/C25H28N4O5/c30-24(31)33-21-16-29(17-21)15-18-3-5-19(6-4-18)23-27-22(34-28-23)7-8-25(9-12-32-13-10-25)20-2-1-11-26-14-20/h1-6,11,14,21H,7-10,12-13,15-17H2,(H,30,31). The molecule has 4 heterocycles. The lowest BCUT2D eigenvalue weighted by Gasteiger charge is -2.37. The Morgan fingerprint density at radius 3 is 2.68 bits per heavy atom. The van der Waals surface area contributed by atoms with Gasteiger partial charge in [0, 0.05) is 62.6 Å². The van der Waals surface area contributed by atoms with Crippen molar-refractivity contribution in [2.24, 2.45) is 0 Å². The first-order valence-electron chi connectivity index (χ1n) is 11.6. The highest BCUT2D eigenvalue weighted by Gasteiger charge is 2.35. The first-order valence-corrected chi connectivity index (χ1v) is 11.6. The van der Waals surface area contributed by atoms with Gasteiger partial charge in [0.05, 0.1) is 0 Å².